The van der Waals surface area contributed by atoms with Crippen LogP contribution in [0.25, 0.3) is 0 Å². The molecule has 0 aliphatic carbocycles. The van der Waals surface area contributed by atoms with Gasteiger partial charge in [-0.2, -0.15) is 0 Å². The number of hydrogen-bond donors (Lipinski definition) is 5. The molecule has 0 saturated carbocycles. The van der Waals surface area contributed by atoms with Crippen LogP contribution in [-0.2, 0) is 9.59 Å². The van der Waals surface area contributed by atoms with E-state index in [1.54, 1.807) is 0 Å². The fourth-order valence-electron chi connectivity index (χ4n) is 0.174. The lowest BCUT2D eigenvalue weighted by molar-refractivity contribution is -0.148. The third-order valence-corrected chi connectivity index (χ3v) is 0.784. The van der Waals surface area contributed by atoms with Gasteiger partial charge in [0.2, 0.25) is 0 Å². The summed E-state index contributed by atoms with van der Waals surface area (Å²) >= 11 is 0. The molecule has 0 bridgehead atoms. The Morgan fingerprint density at radius 3 is 1.62 bits per heavy atom. The van der Waals surface area contributed by atoms with Crippen molar-refractivity contribution in [3.05, 3.63) is 0 Å². The highest BCUT2D eigenvalue weighted by atomic mass is 16.4. The zero-order valence-electron chi connectivity index (χ0n) is 6.75. The number of rotatable bonds is 4. The van der Waals surface area contributed by atoms with Gasteiger partial charge < -0.3 is 25.5 Å². The molecule has 13 heavy (non-hydrogen) atoms. The second-order valence-electron chi connectivity index (χ2n) is 1.90. The summed E-state index contributed by atoms with van der Waals surface area (Å²) in [6.45, 7) is -0.995. The SMILES string of the molecule is O=C(O)C(O)CO.O=C(O)CCO. The van der Waals surface area contributed by atoms with Crippen molar-refractivity contribution in [1.82, 2.24) is 0 Å². The van der Waals surface area contributed by atoms with E-state index in [2.05, 4.69) is 0 Å². The zero-order chi connectivity index (χ0) is 10.9. The van der Waals surface area contributed by atoms with Crippen molar-refractivity contribution >= 4 is 11.9 Å². The maximum absolute atomic E-state index is 9.52. The van der Waals surface area contributed by atoms with Gasteiger partial charge in [0, 0.05) is 0 Å². The van der Waals surface area contributed by atoms with Gasteiger partial charge in [0.15, 0.2) is 6.10 Å². The Morgan fingerprint density at radius 1 is 1.15 bits per heavy atom. The third-order valence-electron chi connectivity index (χ3n) is 0.784. The summed E-state index contributed by atoms with van der Waals surface area (Å²) in [7, 11) is 0. The summed E-state index contributed by atoms with van der Waals surface area (Å²) < 4.78 is 0. The number of carboxylic acids is 2. The quantitative estimate of drug-likeness (QED) is 0.346. The Kier molecular flexibility index (Phi) is 9.84. The van der Waals surface area contributed by atoms with Gasteiger partial charge in [-0.15, -0.1) is 0 Å². The molecule has 1 unspecified atom stereocenters. The monoisotopic (exact) mass is 196 g/mol. The minimum atomic E-state index is -1.63. The van der Waals surface area contributed by atoms with Crippen LogP contribution in [0.1, 0.15) is 6.42 Å². The van der Waals surface area contributed by atoms with Gasteiger partial charge in [0.1, 0.15) is 0 Å². The molecule has 0 amide bonds. The number of aliphatic carboxylic acids is 2. The molecule has 0 aromatic rings. The topological polar surface area (TPSA) is 135 Å². The van der Waals surface area contributed by atoms with E-state index in [-0.39, 0.29) is 13.0 Å². The fraction of sp³-hybridized carbons (Fsp3) is 0.667. The Hall–Kier alpha value is -1.18. The highest BCUT2D eigenvalue weighted by Crippen LogP contribution is 1.75. The van der Waals surface area contributed by atoms with Gasteiger partial charge in [-0.1, -0.05) is 0 Å². The molecule has 78 valence electrons. The van der Waals surface area contributed by atoms with Gasteiger partial charge in [-0.05, 0) is 0 Å². The Morgan fingerprint density at radius 2 is 1.62 bits per heavy atom. The van der Waals surface area contributed by atoms with Gasteiger partial charge in [-0.3, -0.25) is 4.79 Å². The van der Waals surface area contributed by atoms with Crippen molar-refractivity contribution in [3.8, 4) is 0 Å². The lowest BCUT2D eigenvalue weighted by Crippen LogP contribution is -2.22. The first kappa shape index (κ1) is 14.3. The number of hydrogen-bond acceptors (Lipinski definition) is 5. The van der Waals surface area contributed by atoms with Crippen LogP contribution in [-0.4, -0.2) is 56.8 Å². The van der Waals surface area contributed by atoms with Gasteiger partial charge in [0.25, 0.3) is 0 Å². The molecule has 7 nitrogen and oxygen atoms in total. The molecule has 0 spiro atoms. The molecule has 0 rings (SSSR count). The smallest absolute Gasteiger partial charge is 0.334 e. The molecule has 7 heteroatoms. The third kappa shape index (κ3) is 13.8. The molecule has 0 radical (unpaired) electrons. The summed E-state index contributed by atoms with van der Waals surface area (Å²) in [6, 6.07) is 0. The summed E-state index contributed by atoms with van der Waals surface area (Å²) in [4.78, 5) is 19.0. The van der Waals surface area contributed by atoms with Crippen LogP contribution in [0.4, 0.5) is 0 Å². The number of carboxylic acid groups (broad SMARTS) is 2. The van der Waals surface area contributed by atoms with Crippen LogP contribution >= 0.6 is 0 Å². The molecule has 0 aliphatic heterocycles. The molecule has 0 fully saturated rings. The number of aliphatic hydroxyl groups excluding tert-OH is 3. The Labute approximate surface area is 73.9 Å². The van der Waals surface area contributed by atoms with Crippen LogP contribution in [0.2, 0.25) is 0 Å². The predicted molar refractivity (Wildman–Crippen MR) is 40.1 cm³/mol. The largest absolute Gasteiger partial charge is 0.481 e. The second kappa shape index (κ2) is 8.91. The maximum Gasteiger partial charge on any atom is 0.334 e. The highest BCUT2D eigenvalue weighted by Gasteiger charge is 2.08. The van der Waals surface area contributed by atoms with Crippen LogP contribution in [0.5, 0.6) is 0 Å². The number of carbonyl (C=O) groups is 2. The first-order valence-electron chi connectivity index (χ1n) is 3.30. The van der Waals surface area contributed by atoms with E-state index in [1.165, 1.54) is 0 Å². The summed E-state index contributed by atoms with van der Waals surface area (Å²) in [5.74, 6) is -2.36. The Balaban J connectivity index is 0. The van der Waals surface area contributed by atoms with Crippen molar-refractivity contribution in [1.29, 1.82) is 0 Å². The summed E-state index contributed by atoms with van der Waals surface area (Å²) in [6.07, 6.45) is -1.78. The first-order valence-corrected chi connectivity index (χ1v) is 3.30. The van der Waals surface area contributed by atoms with E-state index in [0.717, 1.165) is 0 Å². The van der Waals surface area contributed by atoms with E-state index < -0.39 is 24.6 Å². The van der Waals surface area contributed by atoms with Crippen molar-refractivity contribution in [2.45, 2.75) is 12.5 Å². The Bertz CT molecular complexity index is 155. The van der Waals surface area contributed by atoms with Crippen LogP contribution in [0, 0.1) is 0 Å². The molecule has 1 atom stereocenters. The van der Waals surface area contributed by atoms with E-state index in [1.807, 2.05) is 0 Å². The second-order valence-corrected chi connectivity index (χ2v) is 1.90. The van der Waals surface area contributed by atoms with Crippen molar-refractivity contribution in [3.63, 3.8) is 0 Å². The molecule has 0 saturated heterocycles. The van der Waals surface area contributed by atoms with Gasteiger partial charge in [-0.25, -0.2) is 4.79 Å². The fourth-order valence-corrected chi connectivity index (χ4v) is 0.174. The average Bonchev–Trinajstić information content (AvgIpc) is 2.03. The van der Waals surface area contributed by atoms with E-state index in [4.69, 9.17) is 25.5 Å². The molecule has 0 heterocycles. The normalized spacial score (nSPS) is 11.0. The molecule has 0 aliphatic rings. The average molecular weight is 196 g/mol. The number of aliphatic hydroxyl groups is 3. The minimum absolute atomic E-state index is 0.153. The van der Waals surface area contributed by atoms with E-state index >= 15 is 0 Å². The lowest BCUT2D eigenvalue weighted by Gasteiger charge is -1.95. The van der Waals surface area contributed by atoms with Crippen molar-refractivity contribution < 1.29 is 35.1 Å². The van der Waals surface area contributed by atoms with E-state index in [0.29, 0.717) is 0 Å². The lowest BCUT2D eigenvalue weighted by atomic mass is 10.4. The highest BCUT2D eigenvalue weighted by molar-refractivity contribution is 5.71. The predicted octanol–water partition coefficient (Wildman–Crippen LogP) is -2.12. The maximum atomic E-state index is 9.52. The molecular formula is C6H12O7. The van der Waals surface area contributed by atoms with Crippen LogP contribution < -0.4 is 0 Å². The van der Waals surface area contributed by atoms with Gasteiger partial charge >= 0.3 is 11.9 Å². The molecule has 5 N–H and O–H groups in total. The van der Waals surface area contributed by atoms with E-state index in [9.17, 15) is 9.59 Å². The van der Waals surface area contributed by atoms with Crippen LogP contribution in [0.3, 0.4) is 0 Å². The standard InChI is InChI=1S/C3H6O4.C3H6O3/c4-1-2(5)3(6)7;4-2-1-3(5)6/h2,4-5H,1H2,(H,6,7);4H,1-2H2,(H,5,6). The zero-order valence-corrected chi connectivity index (χ0v) is 6.75. The van der Waals surface area contributed by atoms with Gasteiger partial charge in [0.05, 0.1) is 19.6 Å². The molecule has 0 aromatic carbocycles. The van der Waals surface area contributed by atoms with Crippen molar-refractivity contribution in [2.75, 3.05) is 13.2 Å². The van der Waals surface area contributed by atoms with Crippen molar-refractivity contribution in [2.24, 2.45) is 0 Å². The first-order chi connectivity index (χ1) is 5.95. The summed E-state index contributed by atoms with van der Waals surface area (Å²) in [5.41, 5.74) is 0. The minimum Gasteiger partial charge on any atom is -0.481 e. The summed E-state index contributed by atoms with van der Waals surface area (Å²) in [5, 5.41) is 39.3. The molecular weight excluding hydrogens is 184 g/mol. The van der Waals surface area contributed by atoms with Crippen LogP contribution in [0.15, 0.2) is 0 Å². The molecule has 0 aromatic heterocycles.